The Hall–Kier alpha value is -2.78. The van der Waals surface area contributed by atoms with E-state index in [9.17, 15) is 0 Å². The predicted octanol–water partition coefficient (Wildman–Crippen LogP) is 2.79. The minimum absolute atomic E-state index is 0.401. The van der Waals surface area contributed by atoms with Gasteiger partial charge in [0, 0.05) is 24.5 Å². The lowest BCUT2D eigenvalue weighted by molar-refractivity contribution is 0.899. The molecule has 146 valence electrons. The Labute approximate surface area is 175 Å². The van der Waals surface area contributed by atoms with Crippen molar-refractivity contribution < 1.29 is 0 Å². The number of benzene rings is 1. The van der Waals surface area contributed by atoms with E-state index in [1.165, 1.54) is 0 Å². The maximum absolute atomic E-state index is 5.33. The van der Waals surface area contributed by atoms with E-state index < -0.39 is 0 Å². The molecule has 3 N–H and O–H groups in total. The molecular formula is C19H23N7S2. The van der Waals surface area contributed by atoms with Gasteiger partial charge < -0.3 is 5.32 Å². The molecule has 7 nitrogen and oxygen atoms in total. The van der Waals surface area contributed by atoms with Crippen molar-refractivity contribution in [3.63, 3.8) is 0 Å². The van der Waals surface area contributed by atoms with Gasteiger partial charge >= 0.3 is 0 Å². The number of rotatable bonds is 8. The van der Waals surface area contributed by atoms with Gasteiger partial charge in [0.2, 0.25) is 0 Å². The number of nitrogens with zero attached hydrogens (tertiary/aromatic N) is 4. The first-order valence-electron chi connectivity index (χ1n) is 8.96. The maximum Gasteiger partial charge on any atom is 0.186 e. The van der Waals surface area contributed by atoms with E-state index in [4.69, 9.17) is 24.4 Å². The molecule has 0 aliphatic carbocycles. The Morgan fingerprint density at radius 2 is 1.61 bits per heavy atom. The van der Waals surface area contributed by atoms with Crippen LogP contribution in [0.5, 0.6) is 0 Å². The summed E-state index contributed by atoms with van der Waals surface area (Å²) in [6.45, 7) is 4.70. The summed E-state index contributed by atoms with van der Waals surface area (Å²) in [6, 6.07) is 11.4. The standard InChI is InChI=1S/C19H23N7S2/c1-3-9-15(27)23-24-16(14-10-6-5-7-11-14)17(18-21-12-8-13-22-18)25-26-19(28)20-4-2/h5-8,10-13H,3-4,9H2,1-2H3,(H,23,27)(H2,20,26,28). The van der Waals surface area contributed by atoms with E-state index in [2.05, 4.69) is 43.3 Å². The first kappa shape index (κ1) is 21.5. The van der Waals surface area contributed by atoms with Crippen molar-refractivity contribution >= 4 is 46.0 Å². The molecule has 1 heterocycles. The largest absolute Gasteiger partial charge is 0.362 e. The highest BCUT2D eigenvalue weighted by Crippen LogP contribution is 2.07. The molecule has 0 saturated heterocycles. The Kier molecular flexibility index (Phi) is 9.09. The van der Waals surface area contributed by atoms with Crippen molar-refractivity contribution in [2.45, 2.75) is 26.7 Å². The monoisotopic (exact) mass is 413 g/mol. The van der Waals surface area contributed by atoms with Crippen LogP contribution in [0.2, 0.25) is 0 Å². The van der Waals surface area contributed by atoms with Crippen LogP contribution in [-0.2, 0) is 0 Å². The second kappa shape index (κ2) is 11.8. The van der Waals surface area contributed by atoms with Gasteiger partial charge in [-0.2, -0.15) is 10.2 Å². The van der Waals surface area contributed by atoms with Crippen LogP contribution in [0, 0.1) is 0 Å². The molecule has 2 rings (SSSR count). The molecule has 1 aromatic heterocycles. The van der Waals surface area contributed by atoms with Gasteiger partial charge in [-0.25, -0.2) is 9.97 Å². The molecule has 0 fully saturated rings. The summed E-state index contributed by atoms with van der Waals surface area (Å²) in [5.74, 6) is 0.417. The smallest absolute Gasteiger partial charge is 0.186 e. The zero-order chi connectivity index (χ0) is 20.2. The van der Waals surface area contributed by atoms with Crippen molar-refractivity contribution in [1.82, 2.24) is 26.1 Å². The molecule has 0 spiro atoms. The Bertz CT molecular complexity index is 764. The molecule has 1 aromatic carbocycles. The third-order valence-electron chi connectivity index (χ3n) is 3.43. The van der Waals surface area contributed by atoms with E-state index in [-0.39, 0.29) is 0 Å². The number of aromatic nitrogens is 2. The maximum atomic E-state index is 5.33. The Morgan fingerprint density at radius 1 is 0.929 bits per heavy atom. The third kappa shape index (κ3) is 6.75. The molecule has 9 heteroatoms. The van der Waals surface area contributed by atoms with Crippen molar-refractivity contribution in [3.8, 4) is 0 Å². The van der Waals surface area contributed by atoms with Crippen LogP contribution in [-0.4, -0.2) is 38.0 Å². The molecular weight excluding hydrogens is 390 g/mol. The zero-order valence-electron chi connectivity index (χ0n) is 15.8. The molecule has 0 saturated carbocycles. The summed E-state index contributed by atoms with van der Waals surface area (Å²) in [7, 11) is 0. The Morgan fingerprint density at radius 3 is 2.25 bits per heavy atom. The summed E-state index contributed by atoms with van der Waals surface area (Å²) < 4.78 is 0. The summed E-state index contributed by atoms with van der Waals surface area (Å²) >= 11 is 10.5. The van der Waals surface area contributed by atoms with Crippen LogP contribution in [0.3, 0.4) is 0 Å². The van der Waals surface area contributed by atoms with Crippen molar-refractivity contribution in [2.24, 2.45) is 10.2 Å². The first-order valence-corrected chi connectivity index (χ1v) is 9.78. The van der Waals surface area contributed by atoms with E-state index in [0.29, 0.717) is 33.9 Å². The van der Waals surface area contributed by atoms with Gasteiger partial charge in [0.15, 0.2) is 16.6 Å². The van der Waals surface area contributed by atoms with Crippen LogP contribution in [0.15, 0.2) is 59.0 Å². The number of hydrazone groups is 2. The number of hydrogen-bond donors (Lipinski definition) is 3. The summed E-state index contributed by atoms with van der Waals surface area (Å²) in [5, 5.41) is 12.4. The van der Waals surface area contributed by atoms with Gasteiger partial charge in [-0.1, -0.05) is 49.5 Å². The van der Waals surface area contributed by atoms with Crippen molar-refractivity contribution in [1.29, 1.82) is 0 Å². The van der Waals surface area contributed by atoms with Gasteiger partial charge in [0.1, 0.15) is 5.71 Å². The highest BCUT2D eigenvalue weighted by Gasteiger charge is 2.18. The fraction of sp³-hybridized carbons (Fsp3) is 0.263. The normalized spacial score (nSPS) is 11.6. The molecule has 0 bridgehead atoms. The number of thiocarbonyl (C=S) groups is 2. The predicted molar refractivity (Wildman–Crippen MR) is 122 cm³/mol. The van der Waals surface area contributed by atoms with Gasteiger partial charge in [-0.15, -0.1) is 0 Å². The van der Waals surface area contributed by atoms with Crippen LogP contribution >= 0.6 is 24.4 Å². The second-order valence-electron chi connectivity index (χ2n) is 5.62. The molecule has 0 aliphatic heterocycles. The Balaban J connectivity index is 2.48. The highest BCUT2D eigenvalue weighted by atomic mass is 32.1. The van der Waals surface area contributed by atoms with Crippen molar-refractivity contribution in [2.75, 3.05) is 6.54 Å². The number of hydrogen-bond acceptors (Lipinski definition) is 6. The first-order chi connectivity index (χ1) is 13.7. The van der Waals surface area contributed by atoms with Crippen LogP contribution in [0.1, 0.15) is 38.1 Å². The summed E-state index contributed by atoms with van der Waals surface area (Å²) in [5.41, 5.74) is 7.62. The minimum atomic E-state index is 0.401. The quantitative estimate of drug-likeness (QED) is 0.348. The SMILES string of the molecule is CCCC(=S)NN=C(C(=NNC(=S)NCC)c1ncccn1)c1ccccc1. The average molecular weight is 414 g/mol. The highest BCUT2D eigenvalue weighted by molar-refractivity contribution is 7.80. The van der Waals surface area contributed by atoms with E-state index in [1.807, 2.05) is 37.3 Å². The van der Waals surface area contributed by atoms with Gasteiger partial charge in [-0.3, -0.25) is 10.9 Å². The lowest BCUT2D eigenvalue weighted by Gasteiger charge is -2.12. The molecule has 0 unspecified atom stereocenters. The van der Waals surface area contributed by atoms with Crippen LogP contribution < -0.4 is 16.2 Å². The van der Waals surface area contributed by atoms with E-state index in [1.54, 1.807) is 18.5 Å². The summed E-state index contributed by atoms with van der Waals surface area (Å²) in [4.78, 5) is 9.30. The molecule has 0 amide bonds. The van der Waals surface area contributed by atoms with Gasteiger partial charge in [-0.05, 0) is 38.0 Å². The number of nitrogens with one attached hydrogen (secondary N) is 3. The third-order valence-corrected chi connectivity index (χ3v) is 3.96. The molecule has 28 heavy (non-hydrogen) atoms. The fourth-order valence-corrected chi connectivity index (χ4v) is 2.63. The molecule has 0 radical (unpaired) electrons. The second-order valence-corrected chi connectivity index (χ2v) is 6.52. The van der Waals surface area contributed by atoms with Gasteiger partial charge in [0.25, 0.3) is 0 Å². The topological polar surface area (TPSA) is 86.6 Å². The lowest BCUT2D eigenvalue weighted by atomic mass is 10.1. The van der Waals surface area contributed by atoms with E-state index >= 15 is 0 Å². The lowest BCUT2D eigenvalue weighted by Crippen LogP contribution is -2.34. The van der Waals surface area contributed by atoms with Crippen LogP contribution in [0.4, 0.5) is 0 Å². The summed E-state index contributed by atoms with van der Waals surface area (Å²) in [6.07, 6.45) is 4.98. The molecule has 2 aromatic rings. The van der Waals surface area contributed by atoms with Gasteiger partial charge in [0.05, 0.1) is 4.99 Å². The minimum Gasteiger partial charge on any atom is -0.362 e. The van der Waals surface area contributed by atoms with Crippen molar-refractivity contribution in [3.05, 3.63) is 60.2 Å². The average Bonchev–Trinajstić information content (AvgIpc) is 2.72. The fourth-order valence-electron chi connectivity index (χ4n) is 2.19. The van der Waals surface area contributed by atoms with E-state index in [0.717, 1.165) is 18.4 Å². The molecule has 0 aliphatic rings. The zero-order valence-corrected chi connectivity index (χ0v) is 17.5. The van der Waals surface area contributed by atoms with Crippen LogP contribution in [0.25, 0.3) is 0 Å². The molecule has 0 atom stereocenters.